The molecule has 2 rings (SSSR count). The Morgan fingerprint density at radius 2 is 2.06 bits per heavy atom. The van der Waals surface area contributed by atoms with E-state index in [1.807, 2.05) is 12.1 Å². The van der Waals surface area contributed by atoms with Crippen LogP contribution in [-0.4, -0.2) is 25.6 Å². The molecule has 92 valence electrons. The Balaban J connectivity index is 1.85. The third kappa shape index (κ3) is 3.75. The molecule has 0 aromatic heterocycles. The summed E-state index contributed by atoms with van der Waals surface area (Å²) in [6, 6.07) is 7.21. The molecule has 0 bridgehead atoms. The molecule has 0 radical (unpaired) electrons. The standard InChI is InChI=1S/C13H18N2O2/c14-7-8-15-13(16)11-3-5-12(6-4-11)17-9-10-1-2-10/h3-6,10H,1-2,7-9,14H2,(H,15,16). The number of ether oxygens (including phenoxy) is 1. The lowest BCUT2D eigenvalue weighted by Crippen LogP contribution is -2.28. The number of nitrogens with one attached hydrogen (secondary N) is 1. The van der Waals surface area contributed by atoms with E-state index >= 15 is 0 Å². The van der Waals surface area contributed by atoms with Crippen molar-refractivity contribution in [3.05, 3.63) is 29.8 Å². The summed E-state index contributed by atoms with van der Waals surface area (Å²) in [6.07, 6.45) is 2.55. The SMILES string of the molecule is NCCNC(=O)c1ccc(OCC2CC2)cc1. The van der Waals surface area contributed by atoms with E-state index in [0.717, 1.165) is 18.3 Å². The maximum Gasteiger partial charge on any atom is 0.251 e. The molecule has 1 fully saturated rings. The zero-order valence-electron chi connectivity index (χ0n) is 9.82. The Morgan fingerprint density at radius 1 is 1.35 bits per heavy atom. The largest absolute Gasteiger partial charge is 0.493 e. The lowest BCUT2D eigenvalue weighted by molar-refractivity contribution is 0.0954. The Kier molecular flexibility index (Phi) is 3.98. The van der Waals surface area contributed by atoms with Gasteiger partial charge in [0, 0.05) is 18.7 Å². The van der Waals surface area contributed by atoms with Crippen LogP contribution >= 0.6 is 0 Å². The van der Waals surface area contributed by atoms with Gasteiger partial charge >= 0.3 is 0 Å². The number of hydrogen-bond acceptors (Lipinski definition) is 3. The van der Waals surface area contributed by atoms with Crippen LogP contribution in [0.15, 0.2) is 24.3 Å². The van der Waals surface area contributed by atoms with Crippen molar-refractivity contribution in [1.82, 2.24) is 5.32 Å². The lowest BCUT2D eigenvalue weighted by Gasteiger charge is -2.06. The predicted molar refractivity (Wildman–Crippen MR) is 66.0 cm³/mol. The molecule has 1 amide bonds. The van der Waals surface area contributed by atoms with Gasteiger partial charge in [-0.15, -0.1) is 0 Å². The summed E-state index contributed by atoms with van der Waals surface area (Å²) in [4.78, 5) is 11.6. The number of carbonyl (C=O) groups excluding carboxylic acids is 1. The fourth-order valence-electron chi connectivity index (χ4n) is 1.49. The van der Waals surface area contributed by atoms with Crippen molar-refractivity contribution < 1.29 is 9.53 Å². The molecule has 1 aromatic carbocycles. The number of carbonyl (C=O) groups is 1. The summed E-state index contributed by atoms with van der Waals surface area (Å²) in [7, 11) is 0. The van der Waals surface area contributed by atoms with Crippen LogP contribution in [0.5, 0.6) is 5.75 Å². The van der Waals surface area contributed by atoms with Gasteiger partial charge in [0.15, 0.2) is 0 Å². The van der Waals surface area contributed by atoms with Gasteiger partial charge in [0.05, 0.1) is 6.61 Å². The molecule has 1 aromatic rings. The second kappa shape index (κ2) is 5.68. The molecule has 1 aliphatic rings. The molecule has 4 heteroatoms. The van der Waals surface area contributed by atoms with Gasteiger partial charge in [-0.05, 0) is 43.0 Å². The Labute approximate surface area is 101 Å². The molecule has 0 saturated heterocycles. The van der Waals surface area contributed by atoms with Crippen LogP contribution in [-0.2, 0) is 0 Å². The van der Waals surface area contributed by atoms with Crippen LogP contribution in [0.1, 0.15) is 23.2 Å². The average molecular weight is 234 g/mol. The molecule has 1 saturated carbocycles. The highest BCUT2D eigenvalue weighted by atomic mass is 16.5. The fraction of sp³-hybridized carbons (Fsp3) is 0.462. The first kappa shape index (κ1) is 11.9. The molecule has 1 aliphatic carbocycles. The number of rotatable bonds is 6. The monoisotopic (exact) mass is 234 g/mol. The molecular weight excluding hydrogens is 216 g/mol. The van der Waals surface area contributed by atoms with Crippen molar-refractivity contribution in [3.8, 4) is 5.75 Å². The molecular formula is C13H18N2O2. The van der Waals surface area contributed by atoms with Gasteiger partial charge in [-0.1, -0.05) is 0 Å². The molecule has 3 N–H and O–H groups in total. The molecule has 0 spiro atoms. The zero-order chi connectivity index (χ0) is 12.1. The number of hydrogen-bond donors (Lipinski definition) is 2. The summed E-state index contributed by atoms with van der Waals surface area (Å²) < 4.78 is 5.59. The van der Waals surface area contributed by atoms with Crippen molar-refractivity contribution >= 4 is 5.91 Å². The second-order valence-electron chi connectivity index (χ2n) is 4.32. The molecule has 4 nitrogen and oxygen atoms in total. The van der Waals surface area contributed by atoms with Crippen LogP contribution in [0.2, 0.25) is 0 Å². The number of nitrogens with two attached hydrogens (primary N) is 1. The first-order valence-corrected chi connectivity index (χ1v) is 6.00. The maximum atomic E-state index is 11.6. The average Bonchev–Trinajstić information content (AvgIpc) is 3.18. The molecule has 0 atom stereocenters. The Morgan fingerprint density at radius 3 is 2.65 bits per heavy atom. The van der Waals surface area contributed by atoms with E-state index in [2.05, 4.69) is 5.32 Å². The summed E-state index contributed by atoms with van der Waals surface area (Å²) in [6.45, 7) is 1.74. The van der Waals surface area contributed by atoms with Crippen molar-refractivity contribution in [2.24, 2.45) is 11.7 Å². The van der Waals surface area contributed by atoms with Gasteiger partial charge in [0.2, 0.25) is 0 Å². The highest BCUT2D eigenvalue weighted by Crippen LogP contribution is 2.29. The van der Waals surface area contributed by atoms with Crippen molar-refractivity contribution in [2.45, 2.75) is 12.8 Å². The fourth-order valence-corrected chi connectivity index (χ4v) is 1.49. The first-order chi connectivity index (χ1) is 8.29. The van der Waals surface area contributed by atoms with E-state index in [-0.39, 0.29) is 5.91 Å². The summed E-state index contributed by atoms with van der Waals surface area (Å²) >= 11 is 0. The van der Waals surface area contributed by atoms with Crippen LogP contribution < -0.4 is 15.8 Å². The molecule has 0 heterocycles. The highest BCUT2D eigenvalue weighted by Gasteiger charge is 2.21. The summed E-state index contributed by atoms with van der Waals surface area (Å²) in [5.74, 6) is 1.47. The van der Waals surface area contributed by atoms with Gasteiger partial charge in [-0.3, -0.25) is 4.79 Å². The van der Waals surface area contributed by atoms with E-state index in [4.69, 9.17) is 10.5 Å². The zero-order valence-corrected chi connectivity index (χ0v) is 9.82. The quantitative estimate of drug-likeness (QED) is 0.776. The minimum absolute atomic E-state index is 0.0933. The van der Waals surface area contributed by atoms with Gasteiger partial charge in [-0.2, -0.15) is 0 Å². The Hall–Kier alpha value is -1.55. The third-order valence-electron chi connectivity index (χ3n) is 2.73. The van der Waals surface area contributed by atoms with E-state index in [0.29, 0.717) is 18.7 Å². The van der Waals surface area contributed by atoms with E-state index in [1.54, 1.807) is 12.1 Å². The van der Waals surface area contributed by atoms with Gasteiger partial charge < -0.3 is 15.8 Å². The summed E-state index contributed by atoms with van der Waals surface area (Å²) in [5, 5.41) is 2.72. The van der Waals surface area contributed by atoms with E-state index < -0.39 is 0 Å². The molecule has 17 heavy (non-hydrogen) atoms. The van der Waals surface area contributed by atoms with Gasteiger partial charge in [-0.25, -0.2) is 0 Å². The smallest absolute Gasteiger partial charge is 0.251 e. The number of amides is 1. The van der Waals surface area contributed by atoms with Crippen molar-refractivity contribution in [3.63, 3.8) is 0 Å². The third-order valence-corrected chi connectivity index (χ3v) is 2.73. The maximum absolute atomic E-state index is 11.6. The van der Waals surface area contributed by atoms with Crippen LogP contribution in [0.3, 0.4) is 0 Å². The van der Waals surface area contributed by atoms with Crippen LogP contribution in [0.25, 0.3) is 0 Å². The van der Waals surface area contributed by atoms with Crippen LogP contribution in [0, 0.1) is 5.92 Å². The van der Waals surface area contributed by atoms with Gasteiger partial charge in [0.25, 0.3) is 5.91 Å². The molecule has 0 unspecified atom stereocenters. The molecule has 0 aliphatic heterocycles. The second-order valence-corrected chi connectivity index (χ2v) is 4.32. The first-order valence-electron chi connectivity index (χ1n) is 6.00. The van der Waals surface area contributed by atoms with Crippen molar-refractivity contribution in [2.75, 3.05) is 19.7 Å². The van der Waals surface area contributed by atoms with E-state index in [9.17, 15) is 4.79 Å². The highest BCUT2D eigenvalue weighted by molar-refractivity contribution is 5.94. The number of benzene rings is 1. The van der Waals surface area contributed by atoms with E-state index in [1.165, 1.54) is 12.8 Å². The summed E-state index contributed by atoms with van der Waals surface area (Å²) in [5.41, 5.74) is 5.95. The van der Waals surface area contributed by atoms with Gasteiger partial charge in [0.1, 0.15) is 5.75 Å². The minimum Gasteiger partial charge on any atom is -0.493 e. The topological polar surface area (TPSA) is 64.3 Å². The predicted octanol–water partition coefficient (Wildman–Crippen LogP) is 1.16. The van der Waals surface area contributed by atoms with Crippen LogP contribution in [0.4, 0.5) is 0 Å². The normalized spacial score (nSPS) is 14.4. The Bertz CT molecular complexity index is 372. The van der Waals surface area contributed by atoms with Crippen molar-refractivity contribution in [1.29, 1.82) is 0 Å². The lowest BCUT2D eigenvalue weighted by atomic mass is 10.2. The minimum atomic E-state index is -0.0933.